The lowest BCUT2D eigenvalue weighted by Crippen LogP contribution is -2.27. The lowest BCUT2D eigenvalue weighted by atomic mass is 10.2. The van der Waals surface area contributed by atoms with Gasteiger partial charge in [-0.1, -0.05) is 35.4 Å². The molecule has 0 aromatic carbocycles. The summed E-state index contributed by atoms with van der Waals surface area (Å²) >= 11 is 3.24. The number of terminal acetylenes is 1. The van der Waals surface area contributed by atoms with Crippen molar-refractivity contribution in [1.29, 1.82) is 0 Å². The van der Waals surface area contributed by atoms with Gasteiger partial charge in [-0.15, -0.1) is 6.42 Å². The Kier molecular flexibility index (Phi) is 5.38. The van der Waals surface area contributed by atoms with Gasteiger partial charge in [-0.05, 0) is 6.42 Å². The number of nitrogens with one attached hydrogen (secondary N) is 1. The van der Waals surface area contributed by atoms with E-state index in [4.69, 9.17) is 6.42 Å². The summed E-state index contributed by atoms with van der Waals surface area (Å²) < 4.78 is 0.932. The van der Waals surface area contributed by atoms with Crippen molar-refractivity contribution in [2.24, 2.45) is 0 Å². The van der Waals surface area contributed by atoms with Gasteiger partial charge in [0.2, 0.25) is 0 Å². The molecule has 1 unspecified atom stereocenters. The largest absolute Gasteiger partial charge is 0.299 e. The fourth-order valence-corrected chi connectivity index (χ4v) is 0.717. The topological polar surface area (TPSA) is 12.0 Å². The Hall–Kier alpha value is -0.260. The van der Waals surface area contributed by atoms with Gasteiger partial charge >= 0.3 is 0 Å². The van der Waals surface area contributed by atoms with Crippen LogP contribution in [-0.4, -0.2) is 12.6 Å². The molecular weight excluding hydrogens is 190 g/mol. The third-order valence-electron chi connectivity index (χ3n) is 1.15. The number of rotatable bonds is 4. The summed E-state index contributed by atoms with van der Waals surface area (Å²) in [5.41, 5.74) is 0. The first-order valence-electron chi connectivity index (χ1n) is 3.23. The zero-order valence-electron chi connectivity index (χ0n) is 6.15. The summed E-state index contributed by atoms with van der Waals surface area (Å²) in [4.78, 5) is 0. The Balaban J connectivity index is 3.47. The molecule has 0 fully saturated rings. The van der Waals surface area contributed by atoms with Crippen LogP contribution < -0.4 is 5.32 Å². The van der Waals surface area contributed by atoms with Crippen molar-refractivity contribution in [3.8, 4) is 12.3 Å². The van der Waals surface area contributed by atoms with Gasteiger partial charge in [0.25, 0.3) is 0 Å². The van der Waals surface area contributed by atoms with Gasteiger partial charge in [-0.2, -0.15) is 0 Å². The molecule has 0 heterocycles. The van der Waals surface area contributed by atoms with E-state index in [1.807, 2.05) is 0 Å². The fourth-order valence-electron chi connectivity index (χ4n) is 0.555. The molecule has 56 valence electrons. The van der Waals surface area contributed by atoms with E-state index in [0.29, 0.717) is 0 Å². The first kappa shape index (κ1) is 9.74. The number of hydrogen-bond acceptors (Lipinski definition) is 1. The average Bonchev–Trinajstić information content (AvgIpc) is 1.90. The van der Waals surface area contributed by atoms with Crippen molar-refractivity contribution in [2.45, 2.75) is 19.4 Å². The maximum atomic E-state index is 5.21. The second-order valence-electron chi connectivity index (χ2n) is 2.03. The first-order chi connectivity index (χ1) is 4.70. The molecule has 1 nitrogen and oxygen atoms in total. The van der Waals surface area contributed by atoms with Gasteiger partial charge in [0.15, 0.2) is 0 Å². The molecule has 1 atom stereocenters. The highest BCUT2D eigenvalue weighted by Gasteiger charge is 1.98. The molecule has 2 heteroatoms. The fraction of sp³-hybridized carbons (Fsp3) is 0.500. The lowest BCUT2D eigenvalue weighted by Gasteiger charge is -2.08. The zero-order valence-corrected chi connectivity index (χ0v) is 7.74. The molecule has 0 saturated carbocycles. The summed E-state index contributed by atoms with van der Waals surface area (Å²) in [5.74, 6) is 2.63. The Morgan fingerprint density at radius 2 is 2.50 bits per heavy atom. The van der Waals surface area contributed by atoms with Crippen LogP contribution in [0.25, 0.3) is 0 Å². The lowest BCUT2D eigenvalue weighted by molar-refractivity contribution is 0.632. The van der Waals surface area contributed by atoms with E-state index in [1.54, 1.807) is 0 Å². The smallest absolute Gasteiger partial charge is 0.0687 e. The highest BCUT2D eigenvalue weighted by molar-refractivity contribution is 9.11. The van der Waals surface area contributed by atoms with Crippen LogP contribution in [0.1, 0.15) is 13.3 Å². The van der Waals surface area contributed by atoms with E-state index in [0.717, 1.165) is 17.4 Å². The van der Waals surface area contributed by atoms with Gasteiger partial charge in [0.05, 0.1) is 6.04 Å². The molecular formula is C8H12BrN. The highest BCUT2D eigenvalue weighted by Crippen LogP contribution is 1.98. The van der Waals surface area contributed by atoms with E-state index in [9.17, 15) is 0 Å². The van der Waals surface area contributed by atoms with Gasteiger partial charge in [-0.3, -0.25) is 5.32 Å². The molecule has 0 rings (SSSR count). The van der Waals surface area contributed by atoms with Crippen LogP contribution in [-0.2, 0) is 0 Å². The van der Waals surface area contributed by atoms with Crippen LogP contribution in [0, 0.1) is 12.3 Å². The van der Waals surface area contributed by atoms with Gasteiger partial charge in [-0.25, -0.2) is 0 Å². The third kappa shape index (κ3) is 4.60. The zero-order chi connectivity index (χ0) is 7.98. The van der Waals surface area contributed by atoms with E-state index in [2.05, 4.69) is 40.7 Å². The monoisotopic (exact) mass is 201 g/mol. The minimum Gasteiger partial charge on any atom is -0.299 e. The molecule has 0 amide bonds. The van der Waals surface area contributed by atoms with Gasteiger partial charge in [0, 0.05) is 11.0 Å². The maximum absolute atomic E-state index is 5.21. The van der Waals surface area contributed by atoms with Crippen LogP contribution in [0.3, 0.4) is 0 Å². The van der Waals surface area contributed by atoms with E-state index in [-0.39, 0.29) is 6.04 Å². The first-order valence-corrected chi connectivity index (χ1v) is 4.02. The average molecular weight is 202 g/mol. The minimum absolute atomic E-state index is 0.175. The third-order valence-corrected chi connectivity index (χ3v) is 1.43. The predicted octanol–water partition coefficient (Wildman–Crippen LogP) is 1.90. The van der Waals surface area contributed by atoms with Crippen LogP contribution in [0.2, 0.25) is 0 Å². The van der Waals surface area contributed by atoms with Crippen LogP contribution in [0.5, 0.6) is 0 Å². The summed E-state index contributed by atoms with van der Waals surface area (Å²) in [6.07, 6.45) is 6.17. The SMILES string of the molecule is C#CC(CC)NCC(=C)Br. The molecule has 0 aromatic heterocycles. The van der Waals surface area contributed by atoms with Crippen molar-refractivity contribution >= 4 is 15.9 Å². The van der Waals surface area contributed by atoms with Crippen LogP contribution in [0.15, 0.2) is 11.1 Å². The molecule has 0 aliphatic carbocycles. The molecule has 0 radical (unpaired) electrons. The Labute approximate surface area is 71.0 Å². The summed E-state index contributed by atoms with van der Waals surface area (Å²) in [7, 11) is 0. The van der Waals surface area contributed by atoms with Crippen LogP contribution >= 0.6 is 15.9 Å². The number of halogens is 1. The molecule has 1 N–H and O–H groups in total. The van der Waals surface area contributed by atoms with Gasteiger partial charge in [0.1, 0.15) is 0 Å². The quantitative estimate of drug-likeness (QED) is 0.686. The normalized spacial score (nSPS) is 12.1. The second kappa shape index (κ2) is 5.52. The van der Waals surface area contributed by atoms with E-state index < -0.39 is 0 Å². The molecule has 10 heavy (non-hydrogen) atoms. The molecule has 0 aliphatic rings. The molecule has 0 bridgehead atoms. The summed E-state index contributed by atoms with van der Waals surface area (Å²) in [5, 5.41) is 3.14. The van der Waals surface area contributed by atoms with E-state index in [1.165, 1.54) is 0 Å². The van der Waals surface area contributed by atoms with Crippen molar-refractivity contribution in [2.75, 3.05) is 6.54 Å². The maximum Gasteiger partial charge on any atom is 0.0687 e. The van der Waals surface area contributed by atoms with Crippen molar-refractivity contribution in [3.63, 3.8) is 0 Å². The standard InChI is InChI=1S/C8H12BrN/c1-4-8(5-2)10-6-7(3)9/h1,8,10H,3,5-6H2,2H3. The Morgan fingerprint density at radius 3 is 2.80 bits per heavy atom. The Bertz CT molecular complexity index is 146. The van der Waals surface area contributed by atoms with Crippen LogP contribution in [0.4, 0.5) is 0 Å². The summed E-state index contributed by atoms with van der Waals surface area (Å²) in [6, 6.07) is 0.175. The number of hydrogen-bond donors (Lipinski definition) is 1. The predicted molar refractivity (Wildman–Crippen MR) is 49.0 cm³/mol. The van der Waals surface area contributed by atoms with E-state index >= 15 is 0 Å². The Morgan fingerprint density at radius 1 is 1.90 bits per heavy atom. The molecule has 0 aromatic rings. The molecule has 0 spiro atoms. The van der Waals surface area contributed by atoms with Crippen molar-refractivity contribution in [3.05, 3.63) is 11.1 Å². The summed E-state index contributed by atoms with van der Waals surface area (Å²) in [6.45, 7) is 6.47. The molecule has 0 saturated heterocycles. The minimum atomic E-state index is 0.175. The highest BCUT2D eigenvalue weighted by atomic mass is 79.9. The van der Waals surface area contributed by atoms with Crippen molar-refractivity contribution < 1.29 is 0 Å². The van der Waals surface area contributed by atoms with Crippen molar-refractivity contribution in [1.82, 2.24) is 5.32 Å². The second-order valence-corrected chi connectivity index (χ2v) is 3.15. The molecule has 0 aliphatic heterocycles. The van der Waals surface area contributed by atoms with Gasteiger partial charge < -0.3 is 0 Å².